The number of nitriles is 2. The first-order chi connectivity index (χ1) is 18.4. The summed E-state index contributed by atoms with van der Waals surface area (Å²) in [5.41, 5.74) is 1.30. The maximum Gasteiger partial charge on any atom is 0.264 e. The Hall–Kier alpha value is -5.45. The third kappa shape index (κ3) is 5.21. The molecule has 0 bridgehead atoms. The molecule has 5 rings (SSSR count). The number of fused-ring (bicyclic) bond motifs is 1. The quantitative estimate of drug-likeness (QED) is 0.286. The fourth-order valence-electron chi connectivity index (χ4n) is 3.56. The number of anilines is 1. The molecule has 1 N–H and O–H groups in total. The maximum atomic E-state index is 13.4. The van der Waals surface area contributed by atoms with Crippen LogP contribution in [0.5, 0.6) is 23.3 Å². The first-order valence-electron chi connectivity index (χ1n) is 11.2. The zero-order valence-electron chi connectivity index (χ0n) is 19.6. The molecule has 0 saturated carbocycles. The van der Waals surface area contributed by atoms with E-state index >= 15 is 0 Å². The van der Waals surface area contributed by atoms with Crippen LogP contribution in [0.15, 0.2) is 102 Å². The number of hydrogen-bond acceptors (Lipinski definition) is 8. The minimum Gasteiger partial charge on any atom is -0.439 e. The summed E-state index contributed by atoms with van der Waals surface area (Å²) < 4.78 is 41.1. The number of rotatable bonds is 7. The van der Waals surface area contributed by atoms with Gasteiger partial charge in [-0.15, -0.1) is 0 Å². The fraction of sp³-hybridized carbons (Fsp3) is 0. The predicted molar refractivity (Wildman–Crippen MR) is 139 cm³/mol. The van der Waals surface area contributed by atoms with Crippen molar-refractivity contribution >= 4 is 26.6 Å². The minimum absolute atomic E-state index is 0.00201. The van der Waals surface area contributed by atoms with E-state index in [0.29, 0.717) is 33.5 Å². The number of pyridine rings is 2. The summed E-state index contributed by atoms with van der Waals surface area (Å²) in [4.78, 5) is 8.61. The number of ether oxygens (including phenoxy) is 2. The summed E-state index contributed by atoms with van der Waals surface area (Å²) in [5, 5.41) is 18.7. The van der Waals surface area contributed by atoms with E-state index in [1.54, 1.807) is 72.8 Å². The Labute approximate surface area is 218 Å². The van der Waals surface area contributed by atoms with Gasteiger partial charge in [0, 0.05) is 17.6 Å². The Morgan fingerprint density at radius 1 is 0.737 bits per heavy atom. The van der Waals surface area contributed by atoms with Crippen LogP contribution in [-0.2, 0) is 10.0 Å². The van der Waals surface area contributed by atoms with Crippen molar-refractivity contribution in [1.29, 1.82) is 10.5 Å². The van der Waals surface area contributed by atoms with Gasteiger partial charge in [0.25, 0.3) is 10.0 Å². The van der Waals surface area contributed by atoms with Crippen LogP contribution in [0.1, 0.15) is 11.1 Å². The van der Waals surface area contributed by atoms with Gasteiger partial charge in [-0.05, 0) is 66.7 Å². The lowest BCUT2D eigenvalue weighted by Crippen LogP contribution is -2.15. The van der Waals surface area contributed by atoms with Crippen molar-refractivity contribution in [3.05, 3.63) is 108 Å². The van der Waals surface area contributed by atoms with Crippen molar-refractivity contribution < 1.29 is 17.9 Å². The normalized spacial score (nSPS) is 10.8. The predicted octanol–water partition coefficient (Wildman–Crippen LogP) is 5.76. The molecule has 9 nitrogen and oxygen atoms in total. The number of nitrogens with zero attached hydrogens (tertiary/aromatic N) is 4. The smallest absolute Gasteiger partial charge is 0.264 e. The van der Waals surface area contributed by atoms with Crippen molar-refractivity contribution in [3.63, 3.8) is 0 Å². The Balaban J connectivity index is 1.51. The van der Waals surface area contributed by atoms with Crippen LogP contribution in [0.25, 0.3) is 10.9 Å². The van der Waals surface area contributed by atoms with Gasteiger partial charge in [-0.2, -0.15) is 15.5 Å². The summed E-state index contributed by atoms with van der Waals surface area (Å²) in [5.74, 6) is 0.820. The summed E-state index contributed by atoms with van der Waals surface area (Å²) in [6, 6.07) is 28.1. The average Bonchev–Trinajstić information content (AvgIpc) is 2.95. The van der Waals surface area contributed by atoms with E-state index in [-0.39, 0.29) is 22.3 Å². The van der Waals surface area contributed by atoms with Gasteiger partial charge >= 0.3 is 0 Å². The van der Waals surface area contributed by atoms with Crippen molar-refractivity contribution in [2.45, 2.75) is 4.90 Å². The van der Waals surface area contributed by atoms with Crippen molar-refractivity contribution in [3.8, 4) is 35.4 Å². The van der Waals surface area contributed by atoms with E-state index in [9.17, 15) is 8.42 Å². The molecule has 2 aromatic heterocycles. The molecule has 0 spiro atoms. The number of nitrogens with one attached hydrogen (secondary N) is 1. The van der Waals surface area contributed by atoms with Crippen LogP contribution >= 0.6 is 0 Å². The number of aromatic nitrogens is 2. The van der Waals surface area contributed by atoms with Crippen molar-refractivity contribution in [2.75, 3.05) is 4.72 Å². The van der Waals surface area contributed by atoms with Crippen LogP contribution in [0.4, 0.5) is 5.69 Å². The lowest BCUT2D eigenvalue weighted by Gasteiger charge is -2.15. The first-order valence-corrected chi connectivity index (χ1v) is 12.7. The average molecular weight is 520 g/mol. The third-order valence-corrected chi connectivity index (χ3v) is 6.77. The molecule has 0 aliphatic carbocycles. The maximum absolute atomic E-state index is 13.4. The fourth-order valence-corrected chi connectivity index (χ4v) is 4.79. The van der Waals surface area contributed by atoms with Gasteiger partial charge in [-0.25, -0.2) is 8.42 Å². The third-order valence-electron chi connectivity index (χ3n) is 5.37. The Morgan fingerprint density at radius 2 is 1.37 bits per heavy atom. The van der Waals surface area contributed by atoms with Crippen LogP contribution in [0.3, 0.4) is 0 Å². The summed E-state index contributed by atoms with van der Waals surface area (Å²) in [7, 11) is -4.09. The molecule has 5 aromatic rings. The topological polar surface area (TPSA) is 138 Å². The monoisotopic (exact) mass is 519 g/mol. The standard InChI is InChI=1S/C28H17N5O4S/c29-17-19-6-10-22(11-7-19)36-26-15-14-24(28(32-26)37-23-12-8-20(18-30)9-13-23)33-38(34,35)25-5-1-3-21-4-2-16-31-27(21)25/h1-16,33H. The molecule has 3 aromatic carbocycles. The Morgan fingerprint density at radius 3 is 2.03 bits per heavy atom. The second-order valence-electron chi connectivity index (χ2n) is 7.92. The Bertz CT molecular complexity index is 1820. The van der Waals surface area contributed by atoms with E-state index in [4.69, 9.17) is 20.0 Å². The number of sulfonamides is 1. The van der Waals surface area contributed by atoms with Gasteiger partial charge in [0.05, 0.1) is 28.8 Å². The first kappa shape index (κ1) is 24.3. The second kappa shape index (κ2) is 10.3. The van der Waals surface area contributed by atoms with Gasteiger partial charge in [0.15, 0.2) is 0 Å². The van der Waals surface area contributed by atoms with E-state index in [2.05, 4.69) is 14.7 Å². The highest BCUT2D eigenvalue weighted by Crippen LogP contribution is 2.34. The lowest BCUT2D eigenvalue weighted by molar-refractivity contribution is 0.428. The summed E-state index contributed by atoms with van der Waals surface area (Å²) in [6.07, 6.45) is 1.53. The molecule has 0 atom stereocenters. The molecule has 2 heterocycles. The molecule has 10 heteroatoms. The Kier molecular flexibility index (Phi) is 6.55. The summed E-state index contributed by atoms with van der Waals surface area (Å²) >= 11 is 0. The van der Waals surface area contributed by atoms with Crippen LogP contribution < -0.4 is 14.2 Å². The zero-order valence-corrected chi connectivity index (χ0v) is 20.4. The number of para-hydroxylation sites is 1. The SMILES string of the molecule is N#Cc1ccc(Oc2ccc(NS(=O)(=O)c3cccc4cccnc34)c(Oc3ccc(C#N)cc3)n2)cc1. The van der Waals surface area contributed by atoms with Gasteiger partial charge in [-0.3, -0.25) is 9.71 Å². The van der Waals surface area contributed by atoms with Crippen molar-refractivity contribution in [1.82, 2.24) is 9.97 Å². The highest BCUT2D eigenvalue weighted by molar-refractivity contribution is 7.93. The molecule has 184 valence electrons. The molecule has 0 saturated heterocycles. The number of hydrogen-bond donors (Lipinski definition) is 1. The molecule has 0 fully saturated rings. The van der Waals surface area contributed by atoms with Crippen LogP contribution in [0.2, 0.25) is 0 Å². The molecular formula is C28H17N5O4S. The molecule has 0 aliphatic heterocycles. The van der Waals surface area contributed by atoms with Gasteiger partial charge < -0.3 is 9.47 Å². The largest absolute Gasteiger partial charge is 0.439 e. The molecular weight excluding hydrogens is 502 g/mol. The highest BCUT2D eigenvalue weighted by atomic mass is 32.2. The van der Waals surface area contributed by atoms with E-state index in [0.717, 1.165) is 0 Å². The molecule has 0 unspecified atom stereocenters. The van der Waals surface area contributed by atoms with Gasteiger partial charge in [0.1, 0.15) is 22.1 Å². The van der Waals surface area contributed by atoms with E-state index < -0.39 is 10.0 Å². The highest BCUT2D eigenvalue weighted by Gasteiger charge is 2.22. The van der Waals surface area contributed by atoms with Gasteiger partial charge in [0.2, 0.25) is 11.8 Å². The molecule has 0 amide bonds. The molecule has 0 aliphatic rings. The molecule has 38 heavy (non-hydrogen) atoms. The minimum atomic E-state index is -4.09. The van der Waals surface area contributed by atoms with Crippen LogP contribution in [0, 0.1) is 22.7 Å². The zero-order chi connectivity index (χ0) is 26.5. The second-order valence-corrected chi connectivity index (χ2v) is 9.57. The number of benzene rings is 3. The van der Waals surface area contributed by atoms with E-state index in [1.165, 1.54) is 24.4 Å². The summed E-state index contributed by atoms with van der Waals surface area (Å²) in [6.45, 7) is 0. The van der Waals surface area contributed by atoms with Crippen LogP contribution in [-0.4, -0.2) is 18.4 Å². The lowest BCUT2D eigenvalue weighted by atomic mass is 10.2. The molecule has 0 radical (unpaired) electrons. The van der Waals surface area contributed by atoms with Gasteiger partial charge in [-0.1, -0.05) is 18.2 Å². The van der Waals surface area contributed by atoms with Crippen molar-refractivity contribution in [2.24, 2.45) is 0 Å². The van der Waals surface area contributed by atoms with E-state index in [1.807, 2.05) is 12.1 Å².